The van der Waals surface area contributed by atoms with Crippen molar-refractivity contribution in [3.05, 3.63) is 36.0 Å². The molecule has 25 heavy (non-hydrogen) atoms. The highest BCUT2D eigenvalue weighted by Gasteiger charge is 2.14. The Hall–Kier alpha value is -2.28. The number of piperidine rings is 1. The van der Waals surface area contributed by atoms with E-state index in [4.69, 9.17) is 4.52 Å². The number of nitrogens with one attached hydrogen (secondary N) is 2. The molecule has 134 valence electrons. The van der Waals surface area contributed by atoms with Gasteiger partial charge in [-0.1, -0.05) is 5.16 Å². The molecule has 1 unspecified atom stereocenters. The Balaban J connectivity index is 1.38. The average Bonchev–Trinajstić information content (AvgIpc) is 3.10. The Morgan fingerprint density at radius 2 is 2.20 bits per heavy atom. The van der Waals surface area contributed by atoms with Crippen molar-refractivity contribution >= 4 is 5.91 Å². The number of carbonyl (C=O) groups excluding carboxylic acids is 1. The van der Waals surface area contributed by atoms with Gasteiger partial charge in [0, 0.05) is 24.9 Å². The summed E-state index contributed by atoms with van der Waals surface area (Å²) < 4.78 is 18.1. The molecule has 2 N–H and O–H groups in total. The van der Waals surface area contributed by atoms with E-state index in [9.17, 15) is 9.18 Å². The number of hydrogen-bond acceptors (Lipinski definition) is 5. The molecule has 3 rings (SSSR count). The minimum atomic E-state index is -0.303. The molecule has 2 heterocycles. The number of aryl methyl sites for hydroxylation is 1. The van der Waals surface area contributed by atoms with Gasteiger partial charge in [-0.2, -0.15) is 4.98 Å². The predicted octanol–water partition coefficient (Wildman–Crippen LogP) is 2.31. The maximum absolute atomic E-state index is 12.9. The summed E-state index contributed by atoms with van der Waals surface area (Å²) in [5.74, 6) is 1.21. The number of nitrogens with zero attached hydrogens (tertiary/aromatic N) is 2. The van der Waals surface area contributed by atoms with Gasteiger partial charge in [0.1, 0.15) is 5.82 Å². The second-order valence-corrected chi connectivity index (χ2v) is 6.39. The van der Waals surface area contributed by atoms with Gasteiger partial charge in [-0.05, 0) is 62.5 Å². The molecule has 1 saturated heterocycles. The summed E-state index contributed by atoms with van der Waals surface area (Å²) in [6.07, 6.45) is 3.98. The van der Waals surface area contributed by atoms with E-state index < -0.39 is 0 Å². The summed E-state index contributed by atoms with van der Waals surface area (Å²) in [4.78, 5) is 16.2. The topological polar surface area (TPSA) is 80.0 Å². The van der Waals surface area contributed by atoms with Gasteiger partial charge in [0.15, 0.2) is 0 Å². The van der Waals surface area contributed by atoms with Crippen LogP contribution in [0.5, 0.6) is 0 Å². The van der Waals surface area contributed by atoms with Crippen LogP contribution in [0.3, 0.4) is 0 Å². The third-order valence-corrected chi connectivity index (χ3v) is 4.35. The molecule has 6 nitrogen and oxygen atoms in total. The van der Waals surface area contributed by atoms with E-state index in [1.165, 1.54) is 25.0 Å². The Kier molecular flexibility index (Phi) is 6.11. The average molecular weight is 346 g/mol. The first kappa shape index (κ1) is 17.5. The van der Waals surface area contributed by atoms with Crippen LogP contribution in [0, 0.1) is 11.7 Å². The largest absolute Gasteiger partial charge is 0.356 e. The Bertz CT molecular complexity index is 681. The molecular formula is C18H23FN4O2. The highest BCUT2D eigenvalue weighted by atomic mass is 19.1. The summed E-state index contributed by atoms with van der Waals surface area (Å²) >= 11 is 0. The second-order valence-electron chi connectivity index (χ2n) is 6.39. The number of halogens is 1. The molecule has 0 aliphatic carbocycles. The summed E-state index contributed by atoms with van der Waals surface area (Å²) in [5.41, 5.74) is 0.704. The van der Waals surface area contributed by atoms with Crippen molar-refractivity contribution in [1.29, 1.82) is 0 Å². The molecule has 0 spiro atoms. The Morgan fingerprint density at radius 1 is 1.36 bits per heavy atom. The Labute approximate surface area is 146 Å². The fourth-order valence-corrected chi connectivity index (χ4v) is 2.92. The first-order chi connectivity index (χ1) is 12.2. The Morgan fingerprint density at radius 3 is 2.96 bits per heavy atom. The van der Waals surface area contributed by atoms with Crippen LogP contribution in [-0.4, -0.2) is 35.7 Å². The number of aromatic nitrogens is 2. The van der Waals surface area contributed by atoms with E-state index in [0.717, 1.165) is 19.6 Å². The fourth-order valence-electron chi connectivity index (χ4n) is 2.92. The zero-order chi connectivity index (χ0) is 17.5. The zero-order valence-corrected chi connectivity index (χ0v) is 14.1. The van der Waals surface area contributed by atoms with Crippen LogP contribution in [0.4, 0.5) is 4.39 Å². The third kappa shape index (κ3) is 5.35. The van der Waals surface area contributed by atoms with Gasteiger partial charge in [-0.15, -0.1) is 0 Å². The summed E-state index contributed by atoms with van der Waals surface area (Å²) in [6, 6.07) is 5.93. The van der Waals surface area contributed by atoms with Crippen LogP contribution in [0.1, 0.15) is 31.6 Å². The smallest absolute Gasteiger partial charge is 0.226 e. The standard InChI is InChI=1S/C18H23FN4O2/c19-15-8-6-14(7-9-15)18-22-17(25-23-18)5-1-4-16(24)21-12-13-3-2-10-20-11-13/h6-9,13,20H,1-5,10-12H2,(H,21,24). The summed E-state index contributed by atoms with van der Waals surface area (Å²) in [7, 11) is 0. The van der Waals surface area contributed by atoms with Crippen molar-refractivity contribution in [2.45, 2.75) is 32.1 Å². The first-order valence-electron chi connectivity index (χ1n) is 8.76. The number of amides is 1. The molecule has 2 aromatic rings. The highest BCUT2D eigenvalue weighted by molar-refractivity contribution is 5.75. The molecule has 1 fully saturated rings. The monoisotopic (exact) mass is 346 g/mol. The molecule has 1 aliphatic heterocycles. The lowest BCUT2D eigenvalue weighted by Crippen LogP contribution is -2.38. The molecule has 1 aliphatic rings. The lowest BCUT2D eigenvalue weighted by atomic mass is 10.00. The fraction of sp³-hybridized carbons (Fsp3) is 0.500. The van der Waals surface area contributed by atoms with E-state index in [0.29, 0.717) is 42.5 Å². The van der Waals surface area contributed by atoms with E-state index in [1.54, 1.807) is 12.1 Å². The SMILES string of the molecule is O=C(CCCc1nc(-c2ccc(F)cc2)no1)NCC1CCCNC1. The van der Waals surface area contributed by atoms with Crippen molar-refractivity contribution < 1.29 is 13.7 Å². The van der Waals surface area contributed by atoms with Crippen molar-refractivity contribution in [2.24, 2.45) is 5.92 Å². The van der Waals surface area contributed by atoms with Gasteiger partial charge < -0.3 is 15.2 Å². The molecule has 1 aromatic carbocycles. The van der Waals surface area contributed by atoms with Gasteiger partial charge in [0.05, 0.1) is 0 Å². The normalized spacial score (nSPS) is 17.4. The van der Waals surface area contributed by atoms with Gasteiger partial charge in [0.2, 0.25) is 17.6 Å². The summed E-state index contributed by atoms with van der Waals surface area (Å²) in [6.45, 7) is 2.80. The zero-order valence-electron chi connectivity index (χ0n) is 14.1. The van der Waals surface area contributed by atoms with E-state index >= 15 is 0 Å². The number of carbonyl (C=O) groups is 1. The van der Waals surface area contributed by atoms with Crippen molar-refractivity contribution in [1.82, 2.24) is 20.8 Å². The van der Waals surface area contributed by atoms with Gasteiger partial charge in [-0.3, -0.25) is 4.79 Å². The molecule has 1 atom stereocenters. The van der Waals surface area contributed by atoms with E-state index in [1.807, 2.05) is 0 Å². The molecule has 1 amide bonds. The van der Waals surface area contributed by atoms with Crippen LogP contribution >= 0.6 is 0 Å². The summed E-state index contributed by atoms with van der Waals surface area (Å²) in [5, 5.41) is 10.2. The van der Waals surface area contributed by atoms with Crippen molar-refractivity contribution in [3.63, 3.8) is 0 Å². The maximum Gasteiger partial charge on any atom is 0.226 e. The minimum Gasteiger partial charge on any atom is -0.356 e. The molecule has 7 heteroatoms. The lowest BCUT2D eigenvalue weighted by Gasteiger charge is -2.22. The number of hydrogen-bond donors (Lipinski definition) is 2. The van der Waals surface area contributed by atoms with Crippen LogP contribution in [0.15, 0.2) is 28.8 Å². The predicted molar refractivity (Wildman–Crippen MR) is 91.2 cm³/mol. The number of benzene rings is 1. The van der Waals surface area contributed by atoms with Crippen LogP contribution in [0.2, 0.25) is 0 Å². The molecular weight excluding hydrogens is 323 g/mol. The first-order valence-corrected chi connectivity index (χ1v) is 8.76. The van der Waals surface area contributed by atoms with Crippen LogP contribution in [-0.2, 0) is 11.2 Å². The number of rotatable bonds is 7. The quantitative estimate of drug-likeness (QED) is 0.804. The van der Waals surface area contributed by atoms with Crippen molar-refractivity contribution in [3.8, 4) is 11.4 Å². The third-order valence-electron chi connectivity index (χ3n) is 4.35. The van der Waals surface area contributed by atoms with Crippen LogP contribution < -0.4 is 10.6 Å². The maximum atomic E-state index is 12.9. The molecule has 0 saturated carbocycles. The molecule has 0 bridgehead atoms. The van der Waals surface area contributed by atoms with Gasteiger partial charge >= 0.3 is 0 Å². The van der Waals surface area contributed by atoms with E-state index in [-0.39, 0.29) is 11.7 Å². The van der Waals surface area contributed by atoms with Gasteiger partial charge in [-0.25, -0.2) is 4.39 Å². The van der Waals surface area contributed by atoms with Crippen molar-refractivity contribution in [2.75, 3.05) is 19.6 Å². The minimum absolute atomic E-state index is 0.0591. The highest BCUT2D eigenvalue weighted by Crippen LogP contribution is 2.17. The van der Waals surface area contributed by atoms with E-state index in [2.05, 4.69) is 20.8 Å². The van der Waals surface area contributed by atoms with Crippen LogP contribution in [0.25, 0.3) is 11.4 Å². The van der Waals surface area contributed by atoms with Gasteiger partial charge in [0.25, 0.3) is 0 Å². The molecule has 1 aromatic heterocycles. The second kappa shape index (κ2) is 8.71. The lowest BCUT2D eigenvalue weighted by molar-refractivity contribution is -0.121. The molecule has 0 radical (unpaired) electrons.